The molecule has 2 aromatic carbocycles. The lowest BCUT2D eigenvalue weighted by molar-refractivity contribution is -0.139. The fourth-order valence-corrected chi connectivity index (χ4v) is 4.95. The van der Waals surface area contributed by atoms with E-state index in [1.165, 1.54) is 11.6 Å². The van der Waals surface area contributed by atoms with Crippen LogP contribution in [0, 0.1) is 11.7 Å². The fraction of sp³-hybridized carbons (Fsp3) is 0.480. The van der Waals surface area contributed by atoms with Crippen LogP contribution in [0.15, 0.2) is 42.5 Å². The summed E-state index contributed by atoms with van der Waals surface area (Å²) in [6.07, 6.45) is 1.90. The van der Waals surface area contributed by atoms with E-state index >= 15 is 0 Å². The molecule has 1 amide bonds. The molecule has 0 aromatic heterocycles. The van der Waals surface area contributed by atoms with Crippen molar-refractivity contribution in [1.82, 2.24) is 14.7 Å². The molecule has 3 aliphatic rings. The highest BCUT2D eigenvalue weighted by Crippen LogP contribution is 2.33. The summed E-state index contributed by atoms with van der Waals surface area (Å²) in [6, 6.07) is 13.0. The minimum absolute atomic E-state index is 0.0101. The maximum Gasteiger partial charge on any atom is 0.231 e. The number of hydrogen-bond donors (Lipinski definition) is 0. The Hall–Kier alpha value is -2.64. The van der Waals surface area contributed by atoms with E-state index in [9.17, 15) is 9.18 Å². The largest absolute Gasteiger partial charge is 0.454 e. The summed E-state index contributed by atoms with van der Waals surface area (Å²) in [5, 5.41) is 0. The van der Waals surface area contributed by atoms with E-state index in [0.29, 0.717) is 25.4 Å². The molecule has 0 spiro atoms. The number of rotatable bonds is 5. The van der Waals surface area contributed by atoms with Gasteiger partial charge >= 0.3 is 0 Å². The second kappa shape index (κ2) is 9.46. The zero-order valence-electron chi connectivity index (χ0n) is 18.3. The number of amides is 1. The number of halogens is 1. The van der Waals surface area contributed by atoms with Gasteiger partial charge < -0.3 is 14.4 Å². The van der Waals surface area contributed by atoms with Crippen molar-refractivity contribution >= 4 is 5.91 Å². The third-order valence-corrected chi connectivity index (χ3v) is 6.73. The molecule has 170 valence electrons. The number of likely N-dealkylation sites (tertiary alicyclic amines) is 1. The fourth-order valence-electron chi connectivity index (χ4n) is 4.95. The van der Waals surface area contributed by atoms with Crippen LogP contribution in [0.25, 0.3) is 0 Å². The first-order chi connectivity index (χ1) is 15.7. The SMILES string of the molecule is O=C(C1CCCN(Cc2ccccc2F)C1)N1CCN(Cc2ccc3c(c2)OCO3)CC1. The number of carbonyl (C=O) groups excluding carboxylic acids is 1. The van der Waals surface area contributed by atoms with Crippen molar-refractivity contribution in [2.45, 2.75) is 25.9 Å². The number of hydrogen-bond acceptors (Lipinski definition) is 5. The molecule has 1 atom stereocenters. The molecule has 2 aromatic rings. The van der Waals surface area contributed by atoms with Gasteiger partial charge in [-0.2, -0.15) is 0 Å². The monoisotopic (exact) mass is 439 g/mol. The van der Waals surface area contributed by atoms with Crippen molar-refractivity contribution in [2.24, 2.45) is 5.92 Å². The van der Waals surface area contributed by atoms with E-state index in [-0.39, 0.29) is 17.6 Å². The molecular weight excluding hydrogens is 409 g/mol. The van der Waals surface area contributed by atoms with Gasteiger partial charge in [0.05, 0.1) is 5.92 Å². The Labute approximate surface area is 188 Å². The van der Waals surface area contributed by atoms with Gasteiger partial charge in [-0.3, -0.25) is 14.6 Å². The van der Waals surface area contributed by atoms with Crippen molar-refractivity contribution in [1.29, 1.82) is 0 Å². The third kappa shape index (κ3) is 4.74. The van der Waals surface area contributed by atoms with Crippen LogP contribution in [0.2, 0.25) is 0 Å². The molecule has 2 saturated heterocycles. The van der Waals surface area contributed by atoms with Crippen LogP contribution in [0.5, 0.6) is 11.5 Å². The number of carbonyl (C=O) groups is 1. The van der Waals surface area contributed by atoms with Gasteiger partial charge in [0.1, 0.15) is 5.82 Å². The molecule has 0 N–H and O–H groups in total. The Bertz CT molecular complexity index is 961. The lowest BCUT2D eigenvalue weighted by atomic mass is 9.95. The van der Waals surface area contributed by atoms with Gasteiger partial charge in [-0.25, -0.2) is 4.39 Å². The van der Waals surface area contributed by atoms with E-state index in [1.807, 2.05) is 29.2 Å². The molecule has 0 radical (unpaired) electrons. The summed E-state index contributed by atoms with van der Waals surface area (Å²) < 4.78 is 24.9. The number of fused-ring (bicyclic) bond motifs is 1. The quantitative estimate of drug-likeness (QED) is 0.717. The minimum Gasteiger partial charge on any atom is -0.454 e. The summed E-state index contributed by atoms with van der Waals surface area (Å²) in [6.45, 7) is 6.58. The maximum atomic E-state index is 14.0. The summed E-state index contributed by atoms with van der Waals surface area (Å²) in [4.78, 5) is 19.8. The highest BCUT2D eigenvalue weighted by atomic mass is 19.1. The zero-order chi connectivity index (χ0) is 21.9. The van der Waals surface area contributed by atoms with Crippen molar-refractivity contribution in [3.05, 3.63) is 59.4 Å². The summed E-state index contributed by atoms with van der Waals surface area (Å²) in [5.74, 6) is 1.72. The third-order valence-electron chi connectivity index (χ3n) is 6.73. The Kier molecular flexibility index (Phi) is 6.28. The normalized spacial score (nSPS) is 21.7. The second-order valence-corrected chi connectivity index (χ2v) is 8.95. The first-order valence-corrected chi connectivity index (χ1v) is 11.5. The molecule has 0 aliphatic carbocycles. The number of piperidine rings is 1. The van der Waals surface area contributed by atoms with E-state index < -0.39 is 0 Å². The van der Waals surface area contributed by atoms with Crippen LogP contribution in [0.3, 0.4) is 0 Å². The Morgan fingerprint density at radius 1 is 0.938 bits per heavy atom. The molecule has 2 fully saturated rings. The molecule has 3 aliphatic heterocycles. The summed E-state index contributed by atoms with van der Waals surface area (Å²) in [5.41, 5.74) is 1.91. The van der Waals surface area contributed by atoms with Gasteiger partial charge in [0.25, 0.3) is 0 Å². The van der Waals surface area contributed by atoms with Gasteiger partial charge in [-0.1, -0.05) is 24.3 Å². The van der Waals surface area contributed by atoms with Crippen molar-refractivity contribution in [3.63, 3.8) is 0 Å². The molecule has 5 rings (SSSR count). The van der Waals surface area contributed by atoms with E-state index in [0.717, 1.165) is 63.6 Å². The Morgan fingerprint density at radius 3 is 2.59 bits per heavy atom. The number of piperazine rings is 1. The topological polar surface area (TPSA) is 45.3 Å². The lowest BCUT2D eigenvalue weighted by Crippen LogP contribution is -2.52. The predicted molar refractivity (Wildman–Crippen MR) is 119 cm³/mol. The van der Waals surface area contributed by atoms with Crippen molar-refractivity contribution < 1.29 is 18.7 Å². The van der Waals surface area contributed by atoms with E-state index in [1.54, 1.807) is 6.07 Å². The molecule has 1 unspecified atom stereocenters. The van der Waals surface area contributed by atoms with Gasteiger partial charge in [-0.15, -0.1) is 0 Å². The van der Waals surface area contributed by atoms with Crippen LogP contribution in [0.1, 0.15) is 24.0 Å². The smallest absolute Gasteiger partial charge is 0.231 e. The van der Waals surface area contributed by atoms with Crippen LogP contribution in [-0.4, -0.2) is 66.7 Å². The van der Waals surface area contributed by atoms with Crippen LogP contribution in [-0.2, 0) is 17.9 Å². The van der Waals surface area contributed by atoms with Gasteiger partial charge in [0, 0.05) is 51.4 Å². The maximum absolute atomic E-state index is 14.0. The Balaban J connectivity index is 1.12. The van der Waals surface area contributed by atoms with Gasteiger partial charge in [0.2, 0.25) is 12.7 Å². The van der Waals surface area contributed by atoms with Gasteiger partial charge in [-0.05, 0) is 43.1 Å². The lowest BCUT2D eigenvalue weighted by Gasteiger charge is -2.39. The van der Waals surface area contributed by atoms with Gasteiger partial charge in [0.15, 0.2) is 11.5 Å². The van der Waals surface area contributed by atoms with Crippen molar-refractivity contribution in [2.75, 3.05) is 46.1 Å². The molecule has 0 saturated carbocycles. The number of benzene rings is 2. The number of nitrogens with zero attached hydrogens (tertiary/aromatic N) is 3. The summed E-state index contributed by atoms with van der Waals surface area (Å²) in [7, 11) is 0. The van der Waals surface area contributed by atoms with E-state index in [2.05, 4.69) is 15.9 Å². The first-order valence-electron chi connectivity index (χ1n) is 11.5. The molecular formula is C25H30FN3O3. The van der Waals surface area contributed by atoms with E-state index in [4.69, 9.17) is 9.47 Å². The molecule has 3 heterocycles. The average molecular weight is 440 g/mol. The van der Waals surface area contributed by atoms with Crippen LogP contribution >= 0.6 is 0 Å². The van der Waals surface area contributed by atoms with Crippen LogP contribution < -0.4 is 9.47 Å². The predicted octanol–water partition coefficient (Wildman–Crippen LogP) is 3.11. The first kappa shape index (κ1) is 21.2. The molecule has 0 bridgehead atoms. The minimum atomic E-state index is -0.167. The number of ether oxygens (including phenoxy) is 2. The molecule has 6 nitrogen and oxygen atoms in total. The highest BCUT2D eigenvalue weighted by Gasteiger charge is 2.31. The van der Waals surface area contributed by atoms with Crippen LogP contribution in [0.4, 0.5) is 4.39 Å². The zero-order valence-corrected chi connectivity index (χ0v) is 18.3. The molecule has 32 heavy (non-hydrogen) atoms. The van der Waals surface area contributed by atoms with Crippen molar-refractivity contribution in [3.8, 4) is 11.5 Å². The Morgan fingerprint density at radius 2 is 1.75 bits per heavy atom. The average Bonchev–Trinajstić information content (AvgIpc) is 3.29. The standard InChI is InChI=1S/C25H30FN3O3/c26-22-6-2-1-4-20(22)16-28-9-3-5-21(17-28)25(30)29-12-10-27(11-13-29)15-19-7-8-23-24(14-19)32-18-31-23/h1-2,4,6-8,14,21H,3,5,9-13,15-18H2. The molecule has 7 heteroatoms. The second-order valence-electron chi connectivity index (χ2n) is 8.95. The highest BCUT2D eigenvalue weighted by molar-refractivity contribution is 5.79. The summed E-state index contributed by atoms with van der Waals surface area (Å²) >= 11 is 0.